The lowest BCUT2D eigenvalue weighted by Crippen LogP contribution is -2.37. The molecule has 0 bridgehead atoms. The number of aromatic amines is 1. The van der Waals surface area contributed by atoms with E-state index in [1.807, 2.05) is 18.3 Å². The lowest BCUT2D eigenvalue weighted by molar-refractivity contribution is 0.0961. The zero-order valence-electron chi connectivity index (χ0n) is 13.9. The molecule has 0 amide bonds. The summed E-state index contributed by atoms with van der Waals surface area (Å²) < 4.78 is 6.02. The van der Waals surface area contributed by atoms with Gasteiger partial charge >= 0.3 is 0 Å². The van der Waals surface area contributed by atoms with Gasteiger partial charge in [-0.3, -0.25) is 9.88 Å². The molecular weight excluding hydrogens is 288 g/mol. The van der Waals surface area contributed by atoms with Crippen molar-refractivity contribution in [2.75, 3.05) is 13.1 Å². The van der Waals surface area contributed by atoms with E-state index in [0.717, 1.165) is 50.5 Å². The molecule has 5 nitrogen and oxygen atoms in total. The summed E-state index contributed by atoms with van der Waals surface area (Å²) in [6, 6.07) is 3.85. The lowest BCUT2D eigenvalue weighted by atomic mass is 10.1. The SMILES string of the molecule is CCCCc1ncc(CN2CCC(Oc3ccncc3)CC2)[nH]1. The average Bonchev–Trinajstić information content (AvgIpc) is 3.03. The fourth-order valence-electron chi connectivity index (χ4n) is 2.99. The predicted octanol–water partition coefficient (Wildman–Crippen LogP) is 3.19. The number of ether oxygens (including phenoxy) is 1. The van der Waals surface area contributed by atoms with Crippen LogP contribution in [0.25, 0.3) is 0 Å². The van der Waals surface area contributed by atoms with Gasteiger partial charge in [0.2, 0.25) is 0 Å². The number of pyridine rings is 1. The molecule has 0 radical (unpaired) electrons. The molecule has 1 N–H and O–H groups in total. The molecule has 0 spiro atoms. The van der Waals surface area contributed by atoms with Crippen LogP contribution < -0.4 is 4.74 Å². The minimum Gasteiger partial charge on any atom is -0.490 e. The molecule has 1 saturated heterocycles. The third-order valence-electron chi connectivity index (χ3n) is 4.33. The smallest absolute Gasteiger partial charge is 0.122 e. The minimum atomic E-state index is 0.315. The zero-order chi connectivity index (χ0) is 15.9. The maximum atomic E-state index is 6.02. The van der Waals surface area contributed by atoms with Crippen LogP contribution in [-0.4, -0.2) is 39.0 Å². The number of rotatable bonds is 7. The van der Waals surface area contributed by atoms with Crippen molar-refractivity contribution in [2.45, 2.75) is 51.7 Å². The fourth-order valence-corrected chi connectivity index (χ4v) is 2.99. The highest BCUT2D eigenvalue weighted by Crippen LogP contribution is 2.19. The summed E-state index contributed by atoms with van der Waals surface area (Å²) in [5.41, 5.74) is 1.23. The summed E-state index contributed by atoms with van der Waals surface area (Å²) in [7, 11) is 0. The summed E-state index contributed by atoms with van der Waals surface area (Å²) in [5, 5.41) is 0. The first-order valence-electron chi connectivity index (χ1n) is 8.65. The van der Waals surface area contributed by atoms with Gasteiger partial charge in [-0.25, -0.2) is 4.98 Å². The highest BCUT2D eigenvalue weighted by Gasteiger charge is 2.21. The molecule has 0 atom stereocenters. The van der Waals surface area contributed by atoms with Gasteiger partial charge in [-0.05, 0) is 31.4 Å². The Labute approximate surface area is 138 Å². The molecule has 1 aliphatic heterocycles. The lowest BCUT2D eigenvalue weighted by Gasteiger charge is -2.31. The molecule has 0 unspecified atom stereocenters. The van der Waals surface area contributed by atoms with E-state index in [9.17, 15) is 0 Å². The Morgan fingerprint density at radius 3 is 2.78 bits per heavy atom. The first-order chi connectivity index (χ1) is 11.3. The monoisotopic (exact) mass is 314 g/mol. The van der Waals surface area contributed by atoms with E-state index in [0.29, 0.717) is 6.10 Å². The molecule has 2 aromatic rings. The molecule has 0 aliphatic carbocycles. The van der Waals surface area contributed by atoms with E-state index >= 15 is 0 Å². The number of imidazole rings is 1. The average molecular weight is 314 g/mol. The minimum absolute atomic E-state index is 0.315. The van der Waals surface area contributed by atoms with Gasteiger partial charge in [0.1, 0.15) is 17.7 Å². The number of aromatic nitrogens is 3. The fraction of sp³-hybridized carbons (Fsp3) is 0.556. The second kappa shape index (κ2) is 8.11. The van der Waals surface area contributed by atoms with Gasteiger partial charge in [-0.1, -0.05) is 13.3 Å². The van der Waals surface area contributed by atoms with Crippen molar-refractivity contribution in [1.82, 2.24) is 19.9 Å². The molecule has 2 aromatic heterocycles. The molecule has 1 fully saturated rings. The van der Waals surface area contributed by atoms with Crippen molar-refractivity contribution < 1.29 is 4.74 Å². The number of nitrogens with one attached hydrogen (secondary N) is 1. The predicted molar refractivity (Wildman–Crippen MR) is 90.4 cm³/mol. The number of unbranched alkanes of at least 4 members (excludes halogenated alkanes) is 1. The summed E-state index contributed by atoms with van der Waals surface area (Å²) in [5.74, 6) is 2.05. The van der Waals surface area contributed by atoms with Gasteiger partial charge in [0.05, 0.1) is 0 Å². The van der Waals surface area contributed by atoms with Crippen LogP contribution in [0.1, 0.15) is 44.1 Å². The van der Waals surface area contributed by atoms with E-state index in [1.165, 1.54) is 18.5 Å². The molecule has 0 aromatic carbocycles. The standard InChI is InChI=1S/C18H26N4O/c1-2-3-4-18-20-13-15(21-18)14-22-11-7-17(8-12-22)23-16-5-9-19-10-6-16/h5-6,9-10,13,17H,2-4,7-8,11-12,14H2,1H3,(H,20,21). The van der Waals surface area contributed by atoms with Crippen LogP contribution >= 0.6 is 0 Å². The third-order valence-corrected chi connectivity index (χ3v) is 4.33. The number of aryl methyl sites for hydroxylation is 1. The van der Waals surface area contributed by atoms with Crippen LogP contribution in [0.2, 0.25) is 0 Å². The van der Waals surface area contributed by atoms with Gasteiger partial charge < -0.3 is 9.72 Å². The Bertz CT molecular complexity index is 576. The molecule has 5 heteroatoms. The Hall–Kier alpha value is -1.88. The zero-order valence-corrected chi connectivity index (χ0v) is 13.9. The Kier molecular flexibility index (Phi) is 5.64. The van der Waals surface area contributed by atoms with Crippen LogP contribution in [0.4, 0.5) is 0 Å². The second-order valence-corrected chi connectivity index (χ2v) is 6.23. The number of hydrogen-bond donors (Lipinski definition) is 1. The Morgan fingerprint density at radius 2 is 2.04 bits per heavy atom. The van der Waals surface area contributed by atoms with Gasteiger partial charge in [-0.2, -0.15) is 0 Å². The third kappa shape index (κ3) is 4.79. The maximum absolute atomic E-state index is 6.02. The molecule has 0 saturated carbocycles. The number of nitrogens with zero attached hydrogens (tertiary/aromatic N) is 3. The van der Waals surface area contributed by atoms with Crippen LogP contribution in [0.3, 0.4) is 0 Å². The Morgan fingerprint density at radius 1 is 1.26 bits per heavy atom. The van der Waals surface area contributed by atoms with E-state index < -0.39 is 0 Å². The van der Waals surface area contributed by atoms with Crippen molar-refractivity contribution >= 4 is 0 Å². The summed E-state index contributed by atoms with van der Waals surface area (Å²) in [6.45, 7) is 5.31. The highest BCUT2D eigenvalue weighted by atomic mass is 16.5. The number of hydrogen-bond acceptors (Lipinski definition) is 4. The maximum Gasteiger partial charge on any atom is 0.122 e. The quantitative estimate of drug-likeness (QED) is 0.853. The van der Waals surface area contributed by atoms with Gasteiger partial charge in [0.25, 0.3) is 0 Å². The van der Waals surface area contributed by atoms with Crippen molar-refractivity contribution in [1.29, 1.82) is 0 Å². The number of H-pyrrole nitrogens is 1. The van der Waals surface area contributed by atoms with E-state index in [-0.39, 0.29) is 0 Å². The molecule has 1 aliphatic rings. The highest BCUT2D eigenvalue weighted by molar-refractivity contribution is 5.17. The molecule has 23 heavy (non-hydrogen) atoms. The van der Waals surface area contributed by atoms with E-state index in [2.05, 4.69) is 26.8 Å². The topological polar surface area (TPSA) is 54.0 Å². The molecule has 124 valence electrons. The molecule has 3 heterocycles. The van der Waals surface area contributed by atoms with E-state index in [4.69, 9.17) is 4.74 Å². The largest absolute Gasteiger partial charge is 0.490 e. The first-order valence-corrected chi connectivity index (χ1v) is 8.65. The van der Waals surface area contributed by atoms with Crippen molar-refractivity contribution in [3.8, 4) is 5.75 Å². The second-order valence-electron chi connectivity index (χ2n) is 6.23. The summed E-state index contributed by atoms with van der Waals surface area (Å²) >= 11 is 0. The summed E-state index contributed by atoms with van der Waals surface area (Å²) in [6.07, 6.45) is 11.5. The summed E-state index contributed by atoms with van der Waals surface area (Å²) in [4.78, 5) is 14.4. The van der Waals surface area contributed by atoms with Crippen LogP contribution in [0.5, 0.6) is 5.75 Å². The van der Waals surface area contributed by atoms with Crippen LogP contribution in [0, 0.1) is 0 Å². The van der Waals surface area contributed by atoms with Crippen LogP contribution in [0.15, 0.2) is 30.7 Å². The van der Waals surface area contributed by atoms with Crippen molar-refractivity contribution in [2.24, 2.45) is 0 Å². The van der Waals surface area contributed by atoms with Gasteiger partial charge in [-0.15, -0.1) is 0 Å². The van der Waals surface area contributed by atoms with E-state index in [1.54, 1.807) is 12.4 Å². The number of piperidine rings is 1. The van der Waals surface area contributed by atoms with Gasteiger partial charge in [0.15, 0.2) is 0 Å². The van der Waals surface area contributed by atoms with Crippen LogP contribution in [-0.2, 0) is 13.0 Å². The molecular formula is C18H26N4O. The normalized spacial score (nSPS) is 16.6. The first kappa shape index (κ1) is 16.0. The van der Waals surface area contributed by atoms with Crippen molar-refractivity contribution in [3.05, 3.63) is 42.2 Å². The number of likely N-dealkylation sites (tertiary alicyclic amines) is 1. The van der Waals surface area contributed by atoms with Crippen molar-refractivity contribution in [3.63, 3.8) is 0 Å². The van der Waals surface area contributed by atoms with Gasteiger partial charge in [0, 0.05) is 50.3 Å². The molecule has 3 rings (SSSR count). The Balaban J connectivity index is 1.43.